The molecular formula is C26H24N4O2. The van der Waals surface area contributed by atoms with Crippen LogP contribution in [0.3, 0.4) is 0 Å². The molecule has 0 aliphatic rings. The molecule has 4 rings (SSSR count). The van der Waals surface area contributed by atoms with Crippen LogP contribution in [-0.2, 0) is 11.2 Å². The minimum atomic E-state index is -0.772. The third-order valence-corrected chi connectivity index (χ3v) is 5.12. The van der Waals surface area contributed by atoms with Crippen molar-refractivity contribution in [2.24, 2.45) is 0 Å². The van der Waals surface area contributed by atoms with E-state index in [1.165, 1.54) is 0 Å². The smallest absolute Gasteiger partial charge is 0.252 e. The van der Waals surface area contributed by atoms with E-state index in [-0.39, 0.29) is 11.8 Å². The lowest BCUT2D eigenvalue weighted by Gasteiger charge is -2.19. The predicted molar refractivity (Wildman–Crippen MR) is 123 cm³/mol. The molecule has 1 unspecified atom stereocenters. The molecule has 4 aromatic rings. The highest BCUT2D eigenvalue weighted by Gasteiger charge is 2.22. The van der Waals surface area contributed by atoms with Crippen molar-refractivity contribution in [3.05, 3.63) is 120 Å². The molecular weight excluding hydrogens is 400 g/mol. The molecule has 0 aliphatic carbocycles. The fraction of sp³-hybridized carbons (Fsp3) is 0.115. The Hall–Kier alpha value is -4.19. The third-order valence-electron chi connectivity index (χ3n) is 5.12. The first-order chi connectivity index (χ1) is 15.7. The van der Waals surface area contributed by atoms with Crippen LogP contribution in [0.4, 0.5) is 0 Å². The number of carbonyl (C=O) groups excluding carboxylic acids is 2. The minimum Gasteiger partial charge on any atom is -0.354 e. The highest BCUT2D eigenvalue weighted by molar-refractivity contribution is 5.97. The van der Waals surface area contributed by atoms with Crippen molar-refractivity contribution >= 4 is 11.8 Å². The molecule has 0 saturated heterocycles. The maximum atomic E-state index is 13.0. The van der Waals surface area contributed by atoms with Gasteiger partial charge in [0.2, 0.25) is 5.91 Å². The van der Waals surface area contributed by atoms with Crippen LogP contribution in [0.15, 0.2) is 103 Å². The maximum Gasteiger partial charge on any atom is 0.252 e. The molecule has 0 spiro atoms. The number of hydrogen-bond acceptors (Lipinski definition) is 3. The Bertz CT molecular complexity index is 1140. The summed E-state index contributed by atoms with van der Waals surface area (Å²) in [6.45, 7) is 0.463. The molecule has 0 saturated carbocycles. The number of benzene rings is 3. The maximum absolute atomic E-state index is 13.0. The van der Waals surface area contributed by atoms with E-state index in [9.17, 15) is 9.59 Å². The number of nitrogens with one attached hydrogen (secondary N) is 2. The zero-order valence-corrected chi connectivity index (χ0v) is 17.5. The minimum absolute atomic E-state index is 0.242. The Balaban J connectivity index is 1.38. The summed E-state index contributed by atoms with van der Waals surface area (Å²) in [4.78, 5) is 25.6. The number of hydrogen-bond donors (Lipinski definition) is 2. The first kappa shape index (κ1) is 21.1. The first-order valence-electron chi connectivity index (χ1n) is 10.5. The summed E-state index contributed by atoms with van der Waals surface area (Å²) in [6.07, 6.45) is 4.31. The standard InChI is InChI=1S/C26H24N4O2/c31-25(22-10-5-2-6-11-22)29-24(21-8-3-1-4-9-21)26(32)27-18-16-20-12-14-23(15-13-20)30-19-7-17-28-30/h1-15,17,19,24H,16,18H2,(H,27,32)(H,29,31). The first-order valence-corrected chi connectivity index (χ1v) is 10.5. The molecule has 0 bridgehead atoms. The number of amides is 2. The number of aromatic nitrogens is 2. The van der Waals surface area contributed by atoms with E-state index in [4.69, 9.17) is 0 Å². The van der Waals surface area contributed by atoms with Gasteiger partial charge in [-0.3, -0.25) is 9.59 Å². The molecule has 0 aliphatic heterocycles. The summed E-state index contributed by atoms with van der Waals surface area (Å²) in [7, 11) is 0. The molecule has 1 atom stereocenters. The van der Waals surface area contributed by atoms with Gasteiger partial charge in [0.25, 0.3) is 5.91 Å². The van der Waals surface area contributed by atoms with Crippen molar-refractivity contribution in [1.82, 2.24) is 20.4 Å². The lowest BCUT2D eigenvalue weighted by Crippen LogP contribution is -2.41. The summed E-state index contributed by atoms with van der Waals surface area (Å²) in [6, 6.07) is 27.3. The van der Waals surface area contributed by atoms with Crippen LogP contribution in [0.5, 0.6) is 0 Å². The van der Waals surface area contributed by atoms with Gasteiger partial charge in [-0.2, -0.15) is 5.10 Å². The zero-order chi connectivity index (χ0) is 22.2. The molecule has 2 amide bonds. The second kappa shape index (κ2) is 10.2. The van der Waals surface area contributed by atoms with Gasteiger partial charge in [0, 0.05) is 24.5 Å². The van der Waals surface area contributed by atoms with Crippen molar-refractivity contribution in [3.8, 4) is 5.69 Å². The number of carbonyl (C=O) groups is 2. The van der Waals surface area contributed by atoms with Crippen LogP contribution < -0.4 is 10.6 Å². The SMILES string of the molecule is O=C(NC(C(=O)NCCc1ccc(-n2cccn2)cc1)c1ccccc1)c1ccccc1. The summed E-state index contributed by atoms with van der Waals surface area (Å²) >= 11 is 0. The van der Waals surface area contributed by atoms with E-state index in [0.717, 1.165) is 16.8 Å². The summed E-state index contributed by atoms with van der Waals surface area (Å²) in [5.41, 5.74) is 3.33. The molecule has 6 nitrogen and oxygen atoms in total. The second-order valence-corrected chi connectivity index (χ2v) is 7.34. The van der Waals surface area contributed by atoms with Crippen molar-refractivity contribution in [3.63, 3.8) is 0 Å². The summed E-state index contributed by atoms with van der Waals surface area (Å²) in [5.74, 6) is -0.530. The van der Waals surface area contributed by atoms with Gasteiger partial charge in [-0.25, -0.2) is 4.68 Å². The van der Waals surface area contributed by atoms with E-state index in [1.807, 2.05) is 72.9 Å². The van der Waals surface area contributed by atoms with Gasteiger partial charge in [0.1, 0.15) is 6.04 Å². The number of nitrogens with zero attached hydrogens (tertiary/aromatic N) is 2. The molecule has 32 heavy (non-hydrogen) atoms. The molecule has 160 valence electrons. The van der Waals surface area contributed by atoms with Crippen molar-refractivity contribution in [2.75, 3.05) is 6.54 Å². The van der Waals surface area contributed by atoms with E-state index in [2.05, 4.69) is 15.7 Å². The monoisotopic (exact) mass is 424 g/mol. The molecule has 6 heteroatoms. The summed E-state index contributed by atoms with van der Waals surface area (Å²) in [5, 5.41) is 10.0. The van der Waals surface area contributed by atoms with Crippen molar-refractivity contribution in [1.29, 1.82) is 0 Å². The highest BCUT2D eigenvalue weighted by Crippen LogP contribution is 2.14. The lowest BCUT2D eigenvalue weighted by atomic mass is 10.0. The van der Waals surface area contributed by atoms with Crippen LogP contribution in [0, 0.1) is 0 Å². The Kier molecular flexibility index (Phi) is 6.72. The molecule has 0 fully saturated rings. The fourth-order valence-corrected chi connectivity index (χ4v) is 3.42. The Morgan fingerprint density at radius 2 is 1.53 bits per heavy atom. The van der Waals surface area contributed by atoms with Gasteiger partial charge in [0.15, 0.2) is 0 Å². The van der Waals surface area contributed by atoms with Crippen molar-refractivity contribution in [2.45, 2.75) is 12.5 Å². The van der Waals surface area contributed by atoms with Crippen LogP contribution in [0.1, 0.15) is 27.5 Å². The van der Waals surface area contributed by atoms with Crippen molar-refractivity contribution < 1.29 is 9.59 Å². The van der Waals surface area contributed by atoms with Crippen LogP contribution in [0.2, 0.25) is 0 Å². The zero-order valence-electron chi connectivity index (χ0n) is 17.5. The molecule has 0 radical (unpaired) electrons. The van der Waals surface area contributed by atoms with Crippen LogP contribution >= 0.6 is 0 Å². The summed E-state index contributed by atoms with van der Waals surface area (Å²) < 4.78 is 1.80. The van der Waals surface area contributed by atoms with Gasteiger partial charge < -0.3 is 10.6 Å². The largest absolute Gasteiger partial charge is 0.354 e. The fourth-order valence-electron chi connectivity index (χ4n) is 3.42. The van der Waals surface area contributed by atoms with E-state index < -0.39 is 6.04 Å². The van der Waals surface area contributed by atoms with Crippen LogP contribution in [0.25, 0.3) is 5.69 Å². The third kappa shape index (κ3) is 5.29. The normalized spacial score (nSPS) is 11.5. The number of rotatable bonds is 8. The Morgan fingerprint density at radius 1 is 0.844 bits per heavy atom. The van der Waals surface area contributed by atoms with Gasteiger partial charge in [0.05, 0.1) is 5.69 Å². The lowest BCUT2D eigenvalue weighted by molar-refractivity contribution is -0.123. The molecule has 1 heterocycles. The van der Waals surface area contributed by atoms with Crippen LogP contribution in [-0.4, -0.2) is 28.1 Å². The van der Waals surface area contributed by atoms with E-state index >= 15 is 0 Å². The molecule has 2 N–H and O–H groups in total. The van der Waals surface area contributed by atoms with Gasteiger partial charge in [-0.05, 0) is 47.9 Å². The van der Waals surface area contributed by atoms with Gasteiger partial charge in [-0.15, -0.1) is 0 Å². The Morgan fingerprint density at radius 3 is 2.19 bits per heavy atom. The topological polar surface area (TPSA) is 76.0 Å². The average molecular weight is 425 g/mol. The second-order valence-electron chi connectivity index (χ2n) is 7.34. The van der Waals surface area contributed by atoms with E-state index in [0.29, 0.717) is 18.5 Å². The van der Waals surface area contributed by atoms with Gasteiger partial charge in [-0.1, -0.05) is 60.7 Å². The molecule has 3 aromatic carbocycles. The van der Waals surface area contributed by atoms with E-state index in [1.54, 1.807) is 35.1 Å². The predicted octanol–water partition coefficient (Wildman–Crippen LogP) is 3.70. The highest BCUT2D eigenvalue weighted by atomic mass is 16.2. The average Bonchev–Trinajstić information content (AvgIpc) is 3.39. The van der Waals surface area contributed by atoms with Gasteiger partial charge >= 0.3 is 0 Å². The quantitative estimate of drug-likeness (QED) is 0.453. The molecule has 1 aromatic heterocycles. The Labute approximate surface area is 186 Å².